The van der Waals surface area contributed by atoms with Crippen molar-refractivity contribution in [3.63, 3.8) is 0 Å². The maximum Gasteiger partial charge on any atom is 0.0534 e. The molecule has 0 bridgehead atoms. The highest BCUT2D eigenvalue weighted by Gasteiger charge is 2.43. The summed E-state index contributed by atoms with van der Waals surface area (Å²) in [5.41, 5.74) is 2.05. The molecule has 0 N–H and O–H groups in total. The lowest BCUT2D eigenvalue weighted by atomic mass is 10.1. The molecule has 0 atom stereocenters. The molecule has 2 aliphatic carbocycles. The minimum Gasteiger partial charge on any atom is -0.381 e. The van der Waals surface area contributed by atoms with Gasteiger partial charge in [-0.1, -0.05) is 18.6 Å². The summed E-state index contributed by atoms with van der Waals surface area (Å²) in [7, 11) is 0. The van der Waals surface area contributed by atoms with Gasteiger partial charge in [-0.05, 0) is 39.2 Å². The standard InChI is InChI=1S/C15H26NO/c1-3-10-16(11-7-14-5-6-14)12-15(8-9-15)13-17-4-2/h5-6H,3-4,7-13H2,1-2H3. The number of hydrogen-bond acceptors (Lipinski definition) is 2. The Morgan fingerprint density at radius 2 is 2.06 bits per heavy atom. The van der Waals surface area contributed by atoms with Crippen LogP contribution in [-0.2, 0) is 4.74 Å². The quantitative estimate of drug-likeness (QED) is 0.578. The fourth-order valence-electron chi connectivity index (χ4n) is 2.42. The molecule has 2 aliphatic rings. The highest BCUT2D eigenvalue weighted by molar-refractivity contribution is 5.38. The van der Waals surface area contributed by atoms with E-state index in [1.165, 1.54) is 45.3 Å². The maximum absolute atomic E-state index is 5.63. The summed E-state index contributed by atoms with van der Waals surface area (Å²) in [5, 5.41) is 0. The summed E-state index contributed by atoms with van der Waals surface area (Å²) < 4.78 is 5.63. The molecule has 1 fully saturated rings. The molecule has 2 rings (SSSR count). The summed E-state index contributed by atoms with van der Waals surface area (Å²) in [6.07, 6.45) is 9.69. The van der Waals surface area contributed by atoms with Crippen LogP contribution in [0, 0.1) is 11.8 Å². The van der Waals surface area contributed by atoms with Crippen molar-refractivity contribution in [2.24, 2.45) is 5.41 Å². The summed E-state index contributed by atoms with van der Waals surface area (Å²) in [4.78, 5) is 2.64. The van der Waals surface area contributed by atoms with E-state index < -0.39 is 0 Å². The van der Waals surface area contributed by atoms with Crippen molar-refractivity contribution in [2.75, 3.05) is 32.8 Å². The zero-order valence-electron chi connectivity index (χ0n) is 11.4. The lowest BCUT2D eigenvalue weighted by Gasteiger charge is -2.26. The Morgan fingerprint density at radius 3 is 2.59 bits per heavy atom. The minimum absolute atomic E-state index is 0.507. The lowest BCUT2D eigenvalue weighted by Crippen LogP contribution is -2.34. The highest BCUT2D eigenvalue weighted by atomic mass is 16.5. The van der Waals surface area contributed by atoms with E-state index in [9.17, 15) is 0 Å². The van der Waals surface area contributed by atoms with Gasteiger partial charge in [0.15, 0.2) is 0 Å². The summed E-state index contributed by atoms with van der Waals surface area (Å²) in [6, 6.07) is 0. The predicted molar refractivity (Wildman–Crippen MR) is 71.9 cm³/mol. The first-order valence-corrected chi connectivity index (χ1v) is 7.12. The summed E-state index contributed by atoms with van der Waals surface area (Å²) in [5.74, 6) is 0. The Hall–Kier alpha value is -0.340. The van der Waals surface area contributed by atoms with Gasteiger partial charge in [-0.25, -0.2) is 0 Å². The van der Waals surface area contributed by atoms with Gasteiger partial charge < -0.3 is 9.64 Å². The third kappa shape index (κ3) is 4.44. The fraction of sp³-hybridized carbons (Fsp3) is 0.800. The van der Waals surface area contributed by atoms with Crippen molar-refractivity contribution in [2.45, 2.75) is 39.5 Å². The van der Waals surface area contributed by atoms with E-state index in [1.807, 2.05) is 0 Å². The van der Waals surface area contributed by atoms with E-state index in [4.69, 9.17) is 4.74 Å². The van der Waals surface area contributed by atoms with Gasteiger partial charge in [0.2, 0.25) is 0 Å². The van der Waals surface area contributed by atoms with Gasteiger partial charge in [0.05, 0.1) is 6.61 Å². The number of ether oxygens (including phenoxy) is 1. The Kier molecular flexibility index (Phi) is 4.63. The first-order valence-electron chi connectivity index (χ1n) is 7.12. The van der Waals surface area contributed by atoms with Gasteiger partial charge in [-0.3, -0.25) is 0 Å². The number of allylic oxidation sites excluding steroid dienone is 1. The van der Waals surface area contributed by atoms with Crippen molar-refractivity contribution < 1.29 is 4.74 Å². The molecule has 0 unspecified atom stereocenters. The molecule has 2 nitrogen and oxygen atoms in total. The largest absolute Gasteiger partial charge is 0.381 e. The number of hydrogen-bond donors (Lipinski definition) is 0. The second-order valence-corrected chi connectivity index (χ2v) is 5.57. The van der Waals surface area contributed by atoms with Crippen LogP contribution in [-0.4, -0.2) is 37.7 Å². The third-order valence-electron chi connectivity index (χ3n) is 3.79. The van der Waals surface area contributed by atoms with Crippen LogP contribution in [0.4, 0.5) is 0 Å². The van der Waals surface area contributed by atoms with E-state index >= 15 is 0 Å². The molecule has 0 aromatic rings. The van der Waals surface area contributed by atoms with Crippen LogP contribution in [0.2, 0.25) is 0 Å². The lowest BCUT2D eigenvalue weighted by molar-refractivity contribution is 0.0785. The van der Waals surface area contributed by atoms with Gasteiger partial charge in [0, 0.05) is 31.5 Å². The van der Waals surface area contributed by atoms with Gasteiger partial charge in [0.1, 0.15) is 0 Å². The fourth-order valence-corrected chi connectivity index (χ4v) is 2.42. The monoisotopic (exact) mass is 236 g/mol. The van der Waals surface area contributed by atoms with Crippen LogP contribution in [0.3, 0.4) is 0 Å². The molecule has 1 saturated carbocycles. The molecule has 0 amide bonds. The average Bonchev–Trinajstić information content (AvgIpc) is 3.21. The van der Waals surface area contributed by atoms with Gasteiger partial charge in [-0.15, -0.1) is 0 Å². The Balaban J connectivity index is 1.72. The van der Waals surface area contributed by atoms with Crippen molar-refractivity contribution in [3.8, 4) is 0 Å². The Morgan fingerprint density at radius 1 is 1.29 bits per heavy atom. The molecule has 0 heterocycles. The average molecular weight is 236 g/mol. The number of nitrogens with zero attached hydrogens (tertiary/aromatic N) is 1. The van der Waals surface area contributed by atoms with Crippen molar-refractivity contribution in [1.82, 2.24) is 4.90 Å². The zero-order chi connectivity index (χ0) is 12.1. The van der Waals surface area contributed by atoms with Crippen molar-refractivity contribution in [1.29, 1.82) is 0 Å². The van der Waals surface area contributed by atoms with E-state index in [0.29, 0.717) is 5.41 Å². The molecule has 1 radical (unpaired) electrons. The van der Waals surface area contributed by atoms with Crippen LogP contribution < -0.4 is 0 Å². The molecule has 2 heteroatoms. The molecule has 0 saturated heterocycles. The normalized spacial score (nSPS) is 20.5. The predicted octanol–water partition coefficient (Wildman–Crippen LogP) is 3.05. The van der Waals surface area contributed by atoms with Gasteiger partial charge >= 0.3 is 0 Å². The van der Waals surface area contributed by atoms with Gasteiger partial charge in [-0.2, -0.15) is 0 Å². The Labute approximate surface area is 106 Å². The second kappa shape index (κ2) is 6.01. The van der Waals surface area contributed by atoms with Crippen LogP contribution in [0.15, 0.2) is 11.6 Å². The molecular formula is C15H26NO. The minimum atomic E-state index is 0.507. The summed E-state index contributed by atoms with van der Waals surface area (Å²) in [6.45, 7) is 9.90. The molecule has 17 heavy (non-hydrogen) atoms. The van der Waals surface area contributed by atoms with E-state index in [-0.39, 0.29) is 0 Å². The molecule has 0 aromatic heterocycles. The molecule has 0 aromatic carbocycles. The van der Waals surface area contributed by atoms with Gasteiger partial charge in [0.25, 0.3) is 0 Å². The number of rotatable bonds is 10. The third-order valence-corrected chi connectivity index (χ3v) is 3.79. The second-order valence-electron chi connectivity index (χ2n) is 5.57. The van der Waals surface area contributed by atoms with Crippen molar-refractivity contribution >= 4 is 0 Å². The maximum atomic E-state index is 5.63. The molecule has 0 aliphatic heterocycles. The molecular weight excluding hydrogens is 210 g/mol. The first-order chi connectivity index (χ1) is 8.28. The topological polar surface area (TPSA) is 12.5 Å². The highest BCUT2D eigenvalue weighted by Crippen LogP contribution is 2.46. The van der Waals surface area contributed by atoms with E-state index in [2.05, 4.69) is 31.2 Å². The van der Waals surface area contributed by atoms with E-state index in [1.54, 1.807) is 5.57 Å². The smallest absolute Gasteiger partial charge is 0.0534 e. The van der Waals surface area contributed by atoms with Crippen LogP contribution >= 0.6 is 0 Å². The van der Waals surface area contributed by atoms with E-state index in [0.717, 1.165) is 13.2 Å². The summed E-state index contributed by atoms with van der Waals surface area (Å²) >= 11 is 0. The van der Waals surface area contributed by atoms with Crippen LogP contribution in [0.1, 0.15) is 39.5 Å². The molecule has 97 valence electrons. The van der Waals surface area contributed by atoms with Crippen LogP contribution in [0.5, 0.6) is 0 Å². The SMILES string of the molecule is CCCN(CCC1=C[CH]1)CC1(COCC)CC1. The first kappa shape index (κ1) is 13.1. The van der Waals surface area contributed by atoms with Crippen LogP contribution in [0.25, 0.3) is 0 Å². The zero-order valence-corrected chi connectivity index (χ0v) is 11.4. The molecule has 0 spiro atoms. The Bertz CT molecular complexity index is 268. The van der Waals surface area contributed by atoms with Crippen molar-refractivity contribution in [3.05, 3.63) is 18.1 Å².